The molecule has 1 amide bonds. The molecule has 2 aromatic carbocycles. The summed E-state index contributed by atoms with van der Waals surface area (Å²) in [5.74, 6) is 0.313. The first-order chi connectivity index (χ1) is 15.3. The lowest BCUT2D eigenvalue weighted by Gasteiger charge is -2.36. The number of anilines is 1. The second-order valence-electron chi connectivity index (χ2n) is 8.17. The molecule has 0 bridgehead atoms. The SMILES string of the molecule is N#Cc1ccc(OC2CCCC2)c(C(=O)N2CCN(c3ccc(C(F)(F)F)cc3)CC2)c1. The number of carbonyl (C=O) groups excluding carboxylic acids is 1. The Hall–Kier alpha value is -3.21. The van der Waals surface area contributed by atoms with Crippen LogP contribution in [-0.2, 0) is 6.18 Å². The van der Waals surface area contributed by atoms with Crippen molar-refractivity contribution in [3.05, 3.63) is 59.2 Å². The van der Waals surface area contributed by atoms with Gasteiger partial charge in [0.05, 0.1) is 28.9 Å². The average molecular weight is 443 g/mol. The van der Waals surface area contributed by atoms with Gasteiger partial charge in [-0.05, 0) is 68.1 Å². The fourth-order valence-electron chi connectivity index (χ4n) is 4.25. The van der Waals surface area contributed by atoms with Gasteiger partial charge in [-0.3, -0.25) is 4.79 Å². The highest BCUT2D eigenvalue weighted by Gasteiger charge is 2.31. The van der Waals surface area contributed by atoms with Crippen LogP contribution in [0, 0.1) is 11.3 Å². The van der Waals surface area contributed by atoms with Crippen molar-refractivity contribution < 1.29 is 22.7 Å². The number of benzene rings is 2. The topological polar surface area (TPSA) is 56.6 Å². The Kier molecular flexibility index (Phi) is 6.26. The number of nitriles is 1. The number of hydrogen-bond acceptors (Lipinski definition) is 4. The number of hydrogen-bond donors (Lipinski definition) is 0. The molecular weight excluding hydrogens is 419 g/mol. The molecule has 1 heterocycles. The average Bonchev–Trinajstić information content (AvgIpc) is 3.32. The predicted octanol–water partition coefficient (Wildman–Crippen LogP) is 4.86. The normalized spacial score (nSPS) is 17.3. The standard InChI is InChI=1S/C24H24F3N3O2/c25-24(26,27)18-6-8-19(9-7-18)29-11-13-30(14-12-29)23(31)21-15-17(16-28)5-10-22(21)32-20-3-1-2-4-20/h5-10,15,20H,1-4,11-14H2. The van der Waals surface area contributed by atoms with Crippen LogP contribution in [0.25, 0.3) is 0 Å². The number of ether oxygens (including phenoxy) is 1. The van der Waals surface area contributed by atoms with E-state index in [0.717, 1.165) is 37.8 Å². The summed E-state index contributed by atoms with van der Waals surface area (Å²) in [6.07, 6.45) is -0.142. The van der Waals surface area contributed by atoms with Gasteiger partial charge in [0.25, 0.3) is 5.91 Å². The molecule has 4 rings (SSSR count). The first-order valence-electron chi connectivity index (χ1n) is 10.8. The molecule has 0 aromatic heterocycles. The number of nitrogens with zero attached hydrogens (tertiary/aromatic N) is 3. The van der Waals surface area contributed by atoms with Gasteiger partial charge in [-0.2, -0.15) is 18.4 Å². The van der Waals surface area contributed by atoms with E-state index in [1.165, 1.54) is 12.1 Å². The largest absolute Gasteiger partial charge is 0.490 e. The van der Waals surface area contributed by atoms with Crippen LogP contribution in [0.1, 0.15) is 47.2 Å². The van der Waals surface area contributed by atoms with Crippen molar-refractivity contribution in [1.29, 1.82) is 5.26 Å². The highest BCUT2D eigenvalue weighted by atomic mass is 19.4. The lowest BCUT2D eigenvalue weighted by atomic mass is 10.1. The zero-order chi connectivity index (χ0) is 22.7. The molecule has 1 saturated heterocycles. The Morgan fingerprint density at radius 2 is 1.66 bits per heavy atom. The zero-order valence-corrected chi connectivity index (χ0v) is 17.6. The molecule has 0 atom stereocenters. The molecule has 8 heteroatoms. The van der Waals surface area contributed by atoms with Crippen LogP contribution >= 0.6 is 0 Å². The van der Waals surface area contributed by atoms with E-state index in [9.17, 15) is 23.2 Å². The molecule has 0 spiro atoms. The Morgan fingerprint density at radius 3 is 2.25 bits per heavy atom. The number of halogens is 3. The van der Waals surface area contributed by atoms with E-state index in [1.54, 1.807) is 23.1 Å². The van der Waals surface area contributed by atoms with Gasteiger partial charge in [-0.25, -0.2) is 0 Å². The summed E-state index contributed by atoms with van der Waals surface area (Å²) in [4.78, 5) is 16.9. The summed E-state index contributed by atoms with van der Waals surface area (Å²) in [6, 6.07) is 12.1. The summed E-state index contributed by atoms with van der Waals surface area (Å²) in [5, 5.41) is 9.27. The third-order valence-electron chi connectivity index (χ3n) is 6.06. The number of piperazine rings is 1. The van der Waals surface area contributed by atoms with Crippen molar-refractivity contribution in [3.8, 4) is 11.8 Å². The van der Waals surface area contributed by atoms with E-state index < -0.39 is 11.7 Å². The maximum atomic E-state index is 13.3. The minimum atomic E-state index is -4.36. The molecule has 0 unspecified atom stereocenters. The van der Waals surface area contributed by atoms with Crippen molar-refractivity contribution in [1.82, 2.24) is 4.90 Å². The number of carbonyl (C=O) groups is 1. The van der Waals surface area contributed by atoms with E-state index in [0.29, 0.717) is 48.7 Å². The van der Waals surface area contributed by atoms with E-state index >= 15 is 0 Å². The maximum absolute atomic E-state index is 13.3. The van der Waals surface area contributed by atoms with Crippen LogP contribution in [0.2, 0.25) is 0 Å². The molecule has 2 aliphatic rings. The van der Waals surface area contributed by atoms with Crippen molar-refractivity contribution in [2.24, 2.45) is 0 Å². The Labute approximate surface area is 185 Å². The second-order valence-corrected chi connectivity index (χ2v) is 8.17. The van der Waals surface area contributed by atoms with Gasteiger partial charge in [-0.15, -0.1) is 0 Å². The highest BCUT2D eigenvalue weighted by molar-refractivity contribution is 5.97. The third-order valence-corrected chi connectivity index (χ3v) is 6.06. The number of amides is 1. The van der Waals surface area contributed by atoms with Crippen LogP contribution in [-0.4, -0.2) is 43.1 Å². The first kappa shape index (κ1) is 22.0. The van der Waals surface area contributed by atoms with Crippen LogP contribution in [0.5, 0.6) is 5.75 Å². The summed E-state index contributed by atoms with van der Waals surface area (Å²) in [7, 11) is 0. The van der Waals surface area contributed by atoms with E-state index in [1.807, 2.05) is 4.90 Å². The third kappa shape index (κ3) is 4.82. The fraction of sp³-hybridized carbons (Fsp3) is 0.417. The minimum absolute atomic E-state index is 0.0889. The van der Waals surface area contributed by atoms with Gasteiger partial charge >= 0.3 is 6.18 Å². The Bertz CT molecular complexity index is 1000. The second kappa shape index (κ2) is 9.11. The first-order valence-corrected chi connectivity index (χ1v) is 10.8. The molecule has 5 nitrogen and oxygen atoms in total. The lowest BCUT2D eigenvalue weighted by molar-refractivity contribution is -0.137. The molecular formula is C24H24F3N3O2. The summed E-state index contributed by atoms with van der Waals surface area (Å²) >= 11 is 0. The summed E-state index contributed by atoms with van der Waals surface area (Å²) in [6.45, 7) is 1.88. The summed E-state index contributed by atoms with van der Waals surface area (Å²) < 4.78 is 44.5. The summed E-state index contributed by atoms with van der Waals surface area (Å²) in [5.41, 5.74) is 0.804. The highest BCUT2D eigenvalue weighted by Crippen LogP contribution is 2.31. The molecule has 1 saturated carbocycles. The Balaban J connectivity index is 1.44. The van der Waals surface area contributed by atoms with Gasteiger partial charge in [0.2, 0.25) is 0 Å². The molecule has 0 radical (unpaired) electrons. The number of rotatable bonds is 4. The molecule has 2 fully saturated rings. The monoisotopic (exact) mass is 443 g/mol. The van der Waals surface area contributed by atoms with Crippen LogP contribution in [0.4, 0.5) is 18.9 Å². The molecule has 2 aromatic rings. The van der Waals surface area contributed by atoms with E-state index in [-0.39, 0.29) is 12.0 Å². The van der Waals surface area contributed by atoms with Crippen molar-refractivity contribution in [2.45, 2.75) is 38.0 Å². The van der Waals surface area contributed by atoms with Crippen LogP contribution in [0.15, 0.2) is 42.5 Å². The van der Waals surface area contributed by atoms with Crippen LogP contribution < -0.4 is 9.64 Å². The van der Waals surface area contributed by atoms with E-state index in [2.05, 4.69) is 6.07 Å². The van der Waals surface area contributed by atoms with E-state index in [4.69, 9.17) is 4.74 Å². The predicted molar refractivity (Wildman–Crippen MR) is 114 cm³/mol. The van der Waals surface area contributed by atoms with Crippen LogP contribution in [0.3, 0.4) is 0 Å². The molecule has 1 aliphatic heterocycles. The zero-order valence-electron chi connectivity index (χ0n) is 17.6. The smallest absolute Gasteiger partial charge is 0.416 e. The molecule has 168 valence electrons. The van der Waals surface area contributed by atoms with Crippen molar-refractivity contribution in [2.75, 3.05) is 31.1 Å². The molecule has 1 aliphatic carbocycles. The molecule has 0 N–H and O–H groups in total. The Morgan fingerprint density at radius 1 is 1.00 bits per heavy atom. The van der Waals surface area contributed by atoms with Gasteiger partial charge in [-0.1, -0.05) is 0 Å². The lowest BCUT2D eigenvalue weighted by Crippen LogP contribution is -2.48. The quantitative estimate of drug-likeness (QED) is 0.677. The van der Waals surface area contributed by atoms with Gasteiger partial charge in [0.15, 0.2) is 0 Å². The van der Waals surface area contributed by atoms with Gasteiger partial charge < -0.3 is 14.5 Å². The molecule has 32 heavy (non-hydrogen) atoms. The van der Waals surface area contributed by atoms with Crippen molar-refractivity contribution in [3.63, 3.8) is 0 Å². The maximum Gasteiger partial charge on any atom is 0.416 e. The van der Waals surface area contributed by atoms with Gasteiger partial charge in [0.1, 0.15) is 5.75 Å². The van der Waals surface area contributed by atoms with Gasteiger partial charge in [0, 0.05) is 31.9 Å². The van der Waals surface area contributed by atoms with Crippen molar-refractivity contribution >= 4 is 11.6 Å². The number of alkyl halides is 3. The fourth-order valence-corrected chi connectivity index (χ4v) is 4.25. The minimum Gasteiger partial charge on any atom is -0.490 e.